The first kappa shape index (κ1) is 9.88. The van der Waals surface area contributed by atoms with Gasteiger partial charge < -0.3 is 0 Å². The van der Waals surface area contributed by atoms with Crippen LogP contribution in [0.1, 0.15) is 25.0 Å². The second-order valence-corrected chi connectivity index (χ2v) is 3.38. The predicted octanol–water partition coefficient (Wildman–Crippen LogP) is 3.92. The summed E-state index contributed by atoms with van der Waals surface area (Å²) < 4.78 is 0. The van der Waals surface area contributed by atoms with Crippen LogP contribution in [0.3, 0.4) is 0 Å². The topological polar surface area (TPSA) is 0 Å². The summed E-state index contributed by atoms with van der Waals surface area (Å²) in [6.45, 7) is 4.11. The molecule has 0 aliphatic heterocycles. The fourth-order valence-corrected chi connectivity index (χ4v) is 1.91. The zero-order valence-electron chi connectivity index (χ0n) is 7.25. The molecule has 0 aromatic heterocycles. The lowest BCUT2D eigenvalue weighted by Crippen LogP contribution is -1.90. The minimum absolute atomic E-state index is 0.653. The van der Waals surface area contributed by atoms with Crippen LogP contribution in [0, 0.1) is 6.07 Å². The predicted molar refractivity (Wildman–Crippen MR) is 54.1 cm³/mol. The number of aryl methyl sites for hydroxylation is 1. The molecule has 2 heteroatoms. The first-order valence-electron chi connectivity index (χ1n) is 4.08. The maximum absolute atomic E-state index is 6.11. The Morgan fingerprint density at radius 2 is 1.92 bits per heavy atom. The fourth-order valence-electron chi connectivity index (χ4n) is 1.16. The van der Waals surface area contributed by atoms with Gasteiger partial charge in [-0.3, -0.25) is 0 Å². The van der Waals surface area contributed by atoms with Crippen molar-refractivity contribution in [2.45, 2.75) is 26.7 Å². The molecule has 0 heterocycles. The van der Waals surface area contributed by atoms with E-state index in [2.05, 4.69) is 13.0 Å². The van der Waals surface area contributed by atoms with Gasteiger partial charge in [-0.15, -0.1) is 0 Å². The summed E-state index contributed by atoms with van der Waals surface area (Å²) in [5.74, 6) is 0. The average Bonchev–Trinajstić information content (AvgIpc) is 2.06. The van der Waals surface area contributed by atoms with Crippen LogP contribution in [-0.2, 0) is 12.8 Å². The molecule has 0 fully saturated rings. The Bertz CT molecular complexity index is 279. The van der Waals surface area contributed by atoms with Crippen LogP contribution in [0.25, 0.3) is 0 Å². The second-order valence-electron chi connectivity index (χ2n) is 2.63. The van der Waals surface area contributed by atoms with E-state index in [9.17, 15) is 0 Å². The minimum atomic E-state index is 0.653. The molecule has 0 aliphatic carbocycles. The van der Waals surface area contributed by atoms with Crippen molar-refractivity contribution in [2.24, 2.45) is 0 Å². The summed E-state index contributed by atoms with van der Waals surface area (Å²) in [7, 11) is 0. The summed E-state index contributed by atoms with van der Waals surface area (Å²) in [5, 5.41) is 1.46. The van der Waals surface area contributed by atoms with Crippen molar-refractivity contribution in [1.82, 2.24) is 0 Å². The van der Waals surface area contributed by atoms with Crippen molar-refractivity contribution < 1.29 is 0 Å². The minimum Gasteiger partial charge on any atom is -0.0837 e. The Hall–Kier alpha value is -0.200. The van der Waals surface area contributed by atoms with Crippen molar-refractivity contribution in [2.75, 3.05) is 0 Å². The molecule has 0 saturated carbocycles. The fraction of sp³-hybridized carbons (Fsp3) is 0.400. The number of halogens is 2. The monoisotopic (exact) mass is 201 g/mol. The summed E-state index contributed by atoms with van der Waals surface area (Å²) in [6.07, 6.45) is 1.79. The maximum atomic E-state index is 6.11. The second kappa shape index (κ2) is 4.15. The third kappa shape index (κ3) is 1.75. The van der Waals surface area contributed by atoms with E-state index in [-0.39, 0.29) is 0 Å². The van der Waals surface area contributed by atoms with Crippen molar-refractivity contribution in [1.29, 1.82) is 0 Å². The maximum Gasteiger partial charge on any atom is 0.0531 e. The van der Waals surface area contributed by atoms with E-state index in [4.69, 9.17) is 23.2 Å². The van der Waals surface area contributed by atoms with Crippen LogP contribution < -0.4 is 0 Å². The lowest BCUT2D eigenvalue weighted by Gasteiger charge is -2.07. The molecular formula is C10H11Cl2. The van der Waals surface area contributed by atoms with Gasteiger partial charge in [0.2, 0.25) is 0 Å². The third-order valence-corrected chi connectivity index (χ3v) is 2.73. The molecule has 0 spiro atoms. The SMILES string of the molecule is CCc1c[c]c(Cl)c(CC)c1Cl. The Morgan fingerprint density at radius 1 is 1.25 bits per heavy atom. The molecule has 12 heavy (non-hydrogen) atoms. The van der Waals surface area contributed by atoms with Crippen LogP contribution in [0.15, 0.2) is 6.07 Å². The standard InChI is InChI=1S/C10H11Cl2/c1-3-7-5-6-9(11)8(4-2)10(7)12/h5H,3-4H2,1-2H3. The first-order chi connectivity index (χ1) is 5.70. The summed E-state index contributed by atoms with van der Waals surface area (Å²) >= 11 is 12.0. The first-order valence-corrected chi connectivity index (χ1v) is 4.83. The highest BCUT2D eigenvalue weighted by Gasteiger charge is 2.07. The number of hydrogen-bond acceptors (Lipinski definition) is 0. The summed E-state index contributed by atoms with van der Waals surface area (Å²) in [6, 6.07) is 4.86. The Labute approximate surface area is 83.5 Å². The van der Waals surface area contributed by atoms with Crippen molar-refractivity contribution in [3.05, 3.63) is 33.3 Å². The van der Waals surface area contributed by atoms with E-state index < -0.39 is 0 Å². The van der Waals surface area contributed by atoms with Crippen molar-refractivity contribution in [3.8, 4) is 0 Å². The van der Waals surface area contributed by atoms with E-state index >= 15 is 0 Å². The highest BCUT2D eigenvalue weighted by atomic mass is 35.5. The van der Waals surface area contributed by atoms with Gasteiger partial charge in [-0.25, -0.2) is 0 Å². The Kier molecular flexibility index (Phi) is 3.42. The normalized spacial score (nSPS) is 10.3. The van der Waals surface area contributed by atoms with Gasteiger partial charge in [0.05, 0.1) is 5.02 Å². The molecule has 1 aromatic carbocycles. The van der Waals surface area contributed by atoms with Gasteiger partial charge in [-0.1, -0.05) is 37.0 Å². The molecule has 0 aliphatic rings. The lowest BCUT2D eigenvalue weighted by molar-refractivity contribution is 1.09. The molecular weight excluding hydrogens is 191 g/mol. The van der Waals surface area contributed by atoms with Gasteiger partial charge in [0.25, 0.3) is 0 Å². The van der Waals surface area contributed by atoms with E-state index in [0.29, 0.717) is 5.02 Å². The molecule has 0 unspecified atom stereocenters. The molecule has 65 valence electrons. The van der Waals surface area contributed by atoms with Crippen LogP contribution >= 0.6 is 23.2 Å². The molecule has 0 atom stereocenters. The molecule has 0 saturated heterocycles. The lowest BCUT2D eigenvalue weighted by atomic mass is 10.1. The summed E-state index contributed by atoms with van der Waals surface area (Å²) in [4.78, 5) is 0. The van der Waals surface area contributed by atoms with Gasteiger partial charge in [-0.2, -0.15) is 0 Å². The molecule has 1 radical (unpaired) electrons. The van der Waals surface area contributed by atoms with Crippen molar-refractivity contribution >= 4 is 23.2 Å². The smallest absolute Gasteiger partial charge is 0.0531 e. The Balaban J connectivity index is 3.24. The van der Waals surface area contributed by atoms with Crippen LogP contribution in [0.5, 0.6) is 0 Å². The largest absolute Gasteiger partial charge is 0.0837 e. The van der Waals surface area contributed by atoms with E-state index in [1.807, 2.05) is 13.0 Å². The number of benzene rings is 1. The molecule has 1 aromatic rings. The van der Waals surface area contributed by atoms with Gasteiger partial charge in [0, 0.05) is 11.1 Å². The number of hydrogen-bond donors (Lipinski definition) is 0. The Morgan fingerprint density at radius 3 is 2.42 bits per heavy atom. The molecule has 1 rings (SSSR count). The zero-order chi connectivity index (χ0) is 9.14. The highest BCUT2D eigenvalue weighted by Crippen LogP contribution is 2.28. The molecule has 0 nitrogen and oxygen atoms in total. The molecule has 0 bridgehead atoms. The molecule has 0 amide bonds. The third-order valence-electron chi connectivity index (χ3n) is 1.92. The van der Waals surface area contributed by atoms with Gasteiger partial charge >= 0.3 is 0 Å². The van der Waals surface area contributed by atoms with Gasteiger partial charge in [-0.05, 0) is 30.0 Å². The van der Waals surface area contributed by atoms with Gasteiger partial charge in [0.1, 0.15) is 0 Å². The van der Waals surface area contributed by atoms with Gasteiger partial charge in [0.15, 0.2) is 0 Å². The van der Waals surface area contributed by atoms with E-state index in [1.54, 1.807) is 0 Å². The van der Waals surface area contributed by atoms with Crippen LogP contribution in [0.4, 0.5) is 0 Å². The average molecular weight is 202 g/mol. The van der Waals surface area contributed by atoms with E-state index in [1.165, 1.54) is 0 Å². The summed E-state index contributed by atoms with van der Waals surface area (Å²) in [5.41, 5.74) is 2.13. The van der Waals surface area contributed by atoms with Crippen LogP contribution in [0.2, 0.25) is 10.0 Å². The molecule has 0 N–H and O–H groups in total. The van der Waals surface area contributed by atoms with Crippen LogP contribution in [-0.4, -0.2) is 0 Å². The van der Waals surface area contributed by atoms with E-state index in [0.717, 1.165) is 29.0 Å². The highest BCUT2D eigenvalue weighted by molar-refractivity contribution is 6.36. The number of rotatable bonds is 2. The quantitative estimate of drug-likeness (QED) is 0.681. The van der Waals surface area contributed by atoms with Crippen molar-refractivity contribution in [3.63, 3.8) is 0 Å². The zero-order valence-corrected chi connectivity index (χ0v) is 8.76.